The zero-order valence-corrected chi connectivity index (χ0v) is 12.2. The third kappa shape index (κ3) is 1.90. The van der Waals surface area contributed by atoms with Crippen LogP contribution in [0.15, 0.2) is 64.0 Å². The highest BCUT2D eigenvalue weighted by Gasteiger charge is 2.32. The molecule has 0 aromatic rings. The molecule has 0 amide bonds. The lowest BCUT2D eigenvalue weighted by Crippen LogP contribution is -2.25. The van der Waals surface area contributed by atoms with Crippen LogP contribution < -0.4 is 5.73 Å². The van der Waals surface area contributed by atoms with Gasteiger partial charge in [0.25, 0.3) is 0 Å². The highest BCUT2D eigenvalue weighted by molar-refractivity contribution is 14.1. The first kappa shape index (κ1) is 12.0. The molecule has 0 fully saturated rings. The summed E-state index contributed by atoms with van der Waals surface area (Å²) in [6.07, 6.45) is 15.5. The van der Waals surface area contributed by atoms with Gasteiger partial charge in [0.15, 0.2) is 0 Å². The molecule has 0 aromatic heterocycles. The maximum absolute atomic E-state index is 6.10. The van der Waals surface area contributed by atoms with Gasteiger partial charge in [0, 0.05) is 11.8 Å². The van der Waals surface area contributed by atoms with Gasteiger partial charge in [0.2, 0.25) is 0 Å². The van der Waals surface area contributed by atoms with Gasteiger partial charge in [-0.3, -0.25) is 4.99 Å². The van der Waals surface area contributed by atoms with E-state index in [2.05, 4.69) is 58.0 Å². The number of halogens is 1. The van der Waals surface area contributed by atoms with Crippen molar-refractivity contribution in [3.63, 3.8) is 0 Å². The van der Waals surface area contributed by atoms with Crippen LogP contribution in [0.2, 0.25) is 0 Å². The van der Waals surface area contributed by atoms with Crippen LogP contribution in [-0.4, -0.2) is 4.22 Å². The molecule has 2 nitrogen and oxygen atoms in total. The summed E-state index contributed by atoms with van der Waals surface area (Å²) in [7, 11) is 0. The number of fused-ring (bicyclic) bond motifs is 2. The molecule has 2 N–H and O–H groups in total. The molecule has 92 valence electrons. The Kier molecular flexibility index (Phi) is 3.24. The summed E-state index contributed by atoms with van der Waals surface area (Å²) in [5.74, 6) is 0.700. The minimum Gasteiger partial charge on any atom is -0.397 e. The van der Waals surface area contributed by atoms with Gasteiger partial charge in [0.05, 0.1) is 15.6 Å². The molecule has 2 atom stereocenters. The van der Waals surface area contributed by atoms with E-state index in [-0.39, 0.29) is 0 Å². The van der Waals surface area contributed by atoms with Crippen LogP contribution in [0.4, 0.5) is 0 Å². The zero-order chi connectivity index (χ0) is 12.5. The molecule has 0 bridgehead atoms. The van der Waals surface area contributed by atoms with E-state index >= 15 is 0 Å². The summed E-state index contributed by atoms with van der Waals surface area (Å²) in [5, 5.41) is 0. The number of nitrogens with two attached hydrogens (primary N) is 1. The van der Waals surface area contributed by atoms with Crippen molar-refractivity contribution in [3.05, 3.63) is 59.0 Å². The fourth-order valence-electron chi connectivity index (χ4n) is 2.92. The average Bonchev–Trinajstić information content (AvgIpc) is 2.41. The zero-order valence-electron chi connectivity index (χ0n) is 10.0. The van der Waals surface area contributed by atoms with Gasteiger partial charge in [-0.25, -0.2) is 0 Å². The molecule has 3 aliphatic carbocycles. The van der Waals surface area contributed by atoms with E-state index in [0.717, 1.165) is 24.2 Å². The van der Waals surface area contributed by atoms with E-state index in [0.29, 0.717) is 11.8 Å². The van der Waals surface area contributed by atoms with E-state index in [1.54, 1.807) is 4.22 Å². The summed E-state index contributed by atoms with van der Waals surface area (Å²) < 4.78 is 1.81. The van der Waals surface area contributed by atoms with Crippen molar-refractivity contribution < 1.29 is 0 Å². The monoisotopic (exact) mass is 350 g/mol. The summed E-state index contributed by atoms with van der Waals surface area (Å²) in [4.78, 5) is 4.50. The number of hydrogen-bond donors (Lipinski definition) is 1. The van der Waals surface area contributed by atoms with Crippen molar-refractivity contribution in [2.45, 2.75) is 12.8 Å². The first-order valence-corrected chi connectivity index (χ1v) is 7.44. The van der Waals surface area contributed by atoms with E-state index < -0.39 is 0 Å². The van der Waals surface area contributed by atoms with Gasteiger partial charge in [-0.05, 0) is 52.7 Å². The molecular weight excluding hydrogens is 335 g/mol. The second-order valence-corrected chi connectivity index (χ2v) is 5.32. The second-order valence-electron chi connectivity index (χ2n) is 4.76. The lowest BCUT2D eigenvalue weighted by Gasteiger charge is -2.33. The third-order valence-corrected chi connectivity index (χ3v) is 4.04. The quantitative estimate of drug-likeness (QED) is 0.569. The molecule has 18 heavy (non-hydrogen) atoms. The maximum atomic E-state index is 6.10. The molecule has 2 unspecified atom stereocenters. The smallest absolute Gasteiger partial charge is 0.0721 e. The van der Waals surface area contributed by atoms with Gasteiger partial charge in [-0.2, -0.15) is 0 Å². The first-order chi connectivity index (χ1) is 8.81. The molecule has 0 heterocycles. The minimum absolute atomic E-state index is 0.303. The normalized spacial score (nSPS) is 30.1. The summed E-state index contributed by atoms with van der Waals surface area (Å²) in [6.45, 7) is 0. The molecule has 0 aliphatic heterocycles. The van der Waals surface area contributed by atoms with Crippen molar-refractivity contribution >= 4 is 26.8 Å². The molecule has 3 heteroatoms. The van der Waals surface area contributed by atoms with Gasteiger partial charge < -0.3 is 5.73 Å². The maximum Gasteiger partial charge on any atom is 0.0721 e. The average molecular weight is 350 g/mol. The number of nitrogens with zero attached hydrogens (tertiary/aromatic N) is 1. The Balaban J connectivity index is 2.10. The van der Waals surface area contributed by atoms with E-state index in [1.165, 1.54) is 11.1 Å². The molecule has 0 spiro atoms. The van der Waals surface area contributed by atoms with Crippen molar-refractivity contribution in [3.8, 4) is 0 Å². The highest BCUT2D eigenvalue weighted by Crippen LogP contribution is 2.43. The van der Waals surface area contributed by atoms with Crippen LogP contribution in [0.3, 0.4) is 0 Å². The third-order valence-electron chi connectivity index (χ3n) is 3.76. The molecule has 3 aliphatic rings. The molecule has 0 saturated heterocycles. The van der Waals surface area contributed by atoms with E-state index in [1.807, 2.05) is 6.08 Å². The Morgan fingerprint density at radius 1 is 1.28 bits per heavy atom. The van der Waals surface area contributed by atoms with Crippen molar-refractivity contribution in [1.29, 1.82) is 0 Å². The van der Waals surface area contributed by atoms with E-state index in [9.17, 15) is 0 Å². The number of hydrogen-bond acceptors (Lipinski definition) is 2. The summed E-state index contributed by atoms with van der Waals surface area (Å²) in [5.41, 5.74) is 10.8. The SMILES string of the molecule is NC1=C(/N=C\I)C2C3=C(C=CC2C=C1)CCC=C3. The molecule has 0 aromatic carbocycles. The Bertz CT molecular complexity index is 543. The van der Waals surface area contributed by atoms with Crippen LogP contribution in [-0.2, 0) is 0 Å². The molecular formula is C15H15IN2. The topological polar surface area (TPSA) is 38.4 Å². The Labute approximate surface area is 121 Å². The van der Waals surface area contributed by atoms with Crippen molar-refractivity contribution in [2.24, 2.45) is 22.6 Å². The fourth-order valence-corrected chi connectivity index (χ4v) is 3.22. The molecule has 3 rings (SSSR count). The Hall–Kier alpha value is -1.10. The van der Waals surface area contributed by atoms with Crippen LogP contribution in [0.5, 0.6) is 0 Å². The van der Waals surface area contributed by atoms with Gasteiger partial charge in [-0.15, -0.1) is 0 Å². The van der Waals surface area contributed by atoms with E-state index in [4.69, 9.17) is 5.73 Å². The van der Waals surface area contributed by atoms with Gasteiger partial charge >= 0.3 is 0 Å². The second kappa shape index (κ2) is 4.88. The van der Waals surface area contributed by atoms with Crippen LogP contribution in [0.25, 0.3) is 0 Å². The minimum atomic E-state index is 0.303. The summed E-state index contributed by atoms with van der Waals surface area (Å²) in [6, 6.07) is 0. The molecule has 0 saturated carbocycles. The van der Waals surface area contributed by atoms with Crippen LogP contribution in [0.1, 0.15) is 12.8 Å². The lowest BCUT2D eigenvalue weighted by atomic mass is 9.72. The highest BCUT2D eigenvalue weighted by atomic mass is 127. The van der Waals surface area contributed by atoms with Crippen LogP contribution in [0, 0.1) is 11.8 Å². The fraction of sp³-hybridized carbons (Fsp3) is 0.267. The predicted molar refractivity (Wildman–Crippen MR) is 84.4 cm³/mol. The number of allylic oxidation sites excluding steroid dienone is 8. The van der Waals surface area contributed by atoms with Crippen molar-refractivity contribution in [1.82, 2.24) is 0 Å². The Morgan fingerprint density at radius 2 is 2.11 bits per heavy atom. The van der Waals surface area contributed by atoms with Crippen molar-refractivity contribution in [2.75, 3.05) is 0 Å². The van der Waals surface area contributed by atoms with Gasteiger partial charge in [0.1, 0.15) is 0 Å². The number of aliphatic imine (C=N–C) groups is 1. The largest absolute Gasteiger partial charge is 0.397 e. The predicted octanol–water partition coefficient (Wildman–Crippen LogP) is 3.64. The Morgan fingerprint density at radius 3 is 2.94 bits per heavy atom. The molecule has 0 radical (unpaired) electrons. The lowest BCUT2D eigenvalue weighted by molar-refractivity contribution is 0.576. The first-order valence-electron chi connectivity index (χ1n) is 6.19. The van der Waals surface area contributed by atoms with Crippen LogP contribution >= 0.6 is 22.6 Å². The standard InChI is InChI=1S/C15H15IN2/c16-9-18-15-13(17)8-7-11-6-5-10-3-1-2-4-12(10)14(11)15/h2,4-9,11,14H,1,3,17H2/b18-9-. The van der Waals surface area contributed by atoms with Gasteiger partial charge in [-0.1, -0.05) is 30.4 Å². The summed E-state index contributed by atoms with van der Waals surface area (Å²) >= 11 is 2.15. The number of rotatable bonds is 1.